The minimum Gasteiger partial charge on any atom is -0.295 e. The van der Waals surface area contributed by atoms with Crippen LogP contribution in [-0.4, -0.2) is 59.4 Å². The molecule has 4 bridgehead atoms. The van der Waals surface area contributed by atoms with E-state index < -0.39 is 0 Å². The third-order valence-corrected chi connectivity index (χ3v) is 9.10. The Bertz CT molecular complexity index is 872. The summed E-state index contributed by atoms with van der Waals surface area (Å²) in [7, 11) is 0. The Morgan fingerprint density at radius 2 is 1.35 bits per heavy atom. The lowest BCUT2D eigenvalue weighted by Gasteiger charge is -2.61. The van der Waals surface area contributed by atoms with Crippen molar-refractivity contribution in [2.45, 2.75) is 56.5 Å². The van der Waals surface area contributed by atoms with Crippen LogP contribution in [0, 0.1) is 17.8 Å². The normalized spacial score (nSPS) is 38.5. The van der Waals surface area contributed by atoms with Crippen molar-refractivity contribution in [2.75, 3.05) is 31.1 Å². The van der Waals surface area contributed by atoms with Crippen molar-refractivity contribution < 1.29 is 9.59 Å². The topological polar surface area (TPSA) is 43.9 Å². The number of rotatable bonds is 3. The molecule has 5 nitrogen and oxygen atoms in total. The van der Waals surface area contributed by atoms with Crippen molar-refractivity contribution in [1.29, 1.82) is 0 Å². The largest absolute Gasteiger partial charge is 0.295 e. The Labute approximate surface area is 193 Å². The Hall–Kier alpha value is -1.14. The third kappa shape index (κ3) is 3.43. The van der Waals surface area contributed by atoms with E-state index in [-0.39, 0.29) is 24.3 Å². The van der Waals surface area contributed by atoms with Gasteiger partial charge in [0.2, 0.25) is 5.91 Å². The van der Waals surface area contributed by atoms with Crippen LogP contribution >= 0.6 is 23.2 Å². The van der Waals surface area contributed by atoms with Crippen molar-refractivity contribution in [1.82, 2.24) is 9.80 Å². The number of amides is 2. The molecular formula is C24H29Cl2N3O2. The lowest BCUT2D eigenvalue weighted by molar-refractivity contribution is -0.125. The molecule has 6 aliphatic rings. The Morgan fingerprint density at radius 1 is 0.806 bits per heavy atom. The van der Waals surface area contributed by atoms with Crippen LogP contribution in [-0.2, 0) is 9.59 Å². The molecule has 4 aliphatic carbocycles. The fraction of sp³-hybridized carbons (Fsp3) is 0.667. The van der Waals surface area contributed by atoms with Crippen LogP contribution in [0.3, 0.4) is 0 Å². The maximum atomic E-state index is 13.2. The van der Waals surface area contributed by atoms with E-state index in [1.807, 2.05) is 0 Å². The molecule has 1 aromatic carbocycles. The summed E-state index contributed by atoms with van der Waals surface area (Å²) in [6.07, 6.45) is 8.75. The van der Waals surface area contributed by atoms with Gasteiger partial charge in [0.1, 0.15) is 0 Å². The summed E-state index contributed by atoms with van der Waals surface area (Å²) in [6.45, 7) is 3.73. The minimum absolute atomic E-state index is 0.147. The average molecular weight is 462 g/mol. The van der Waals surface area contributed by atoms with Crippen molar-refractivity contribution in [3.8, 4) is 0 Å². The fourth-order valence-electron chi connectivity index (χ4n) is 7.80. The molecule has 1 atom stereocenters. The number of imide groups is 1. The van der Waals surface area contributed by atoms with Crippen molar-refractivity contribution in [3.05, 3.63) is 28.2 Å². The van der Waals surface area contributed by atoms with Gasteiger partial charge in [0, 0.05) is 41.8 Å². The van der Waals surface area contributed by atoms with Gasteiger partial charge >= 0.3 is 0 Å². The van der Waals surface area contributed by atoms with E-state index >= 15 is 0 Å². The molecule has 2 aliphatic heterocycles. The molecule has 7 heteroatoms. The highest BCUT2D eigenvalue weighted by Crippen LogP contribution is 2.57. The first kappa shape index (κ1) is 20.5. The van der Waals surface area contributed by atoms with Crippen molar-refractivity contribution in [3.63, 3.8) is 0 Å². The maximum absolute atomic E-state index is 13.2. The SMILES string of the molecule is O=C1CC(N2CCN(C34CC5CC(CC(C5)C3)C4)CC2)C(=O)N1c1cc(Cl)cc(Cl)c1. The Kier molecular flexibility index (Phi) is 4.91. The molecular weight excluding hydrogens is 433 g/mol. The van der Waals surface area contributed by atoms with Crippen LogP contribution in [0.5, 0.6) is 0 Å². The lowest BCUT2D eigenvalue weighted by Crippen LogP contribution is -2.64. The molecule has 2 saturated heterocycles. The summed E-state index contributed by atoms with van der Waals surface area (Å²) < 4.78 is 0. The van der Waals surface area contributed by atoms with Crippen LogP contribution in [0.4, 0.5) is 5.69 Å². The molecule has 2 amide bonds. The van der Waals surface area contributed by atoms with Crippen molar-refractivity contribution >= 4 is 40.7 Å². The van der Waals surface area contributed by atoms with Crippen molar-refractivity contribution in [2.24, 2.45) is 17.8 Å². The van der Waals surface area contributed by atoms with E-state index in [1.165, 1.54) is 43.4 Å². The number of halogens is 2. The first-order valence-corrected chi connectivity index (χ1v) is 12.5. The second-order valence-electron chi connectivity index (χ2n) is 10.6. The molecule has 1 aromatic rings. The number of hydrogen-bond acceptors (Lipinski definition) is 4. The Balaban J connectivity index is 1.14. The number of carbonyl (C=O) groups is 2. The average Bonchev–Trinajstić information content (AvgIpc) is 3.00. The predicted octanol–water partition coefficient (Wildman–Crippen LogP) is 4.21. The minimum atomic E-state index is -0.372. The summed E-state index contributed by atoms with van der Waals surface area (Å²) in [5.41, 5.74) is 0.891. The quantitative estimate of drug-likeness (QED) is 0.632. The standard InChI is InChI=1S/C24H29Cl2N3O2/c25-18-8-19(26)10-20(9-18)29-22(30)11-21(23(29)31)27-1-3-28(4-2-27)24-12-15-5-16(13-24)7-17(6-15)14-24/h8-10,15-17,21H,1-7,11-14H2. The van der Waals surface area contributed by atoms with Gasteiger partial charge < -0.3 is 0 Å². The molecule has 0 radical (unpaired) electrons. The molecule has 166 valence electrons. The molecule has 6 fully saturated rings. The molecule has 0 aromatic heterocycles. The van der Waals surface area contributed by atoms with E-state index in [0.29, 0.717) is 21.3 Å². The molecule has 1 unspecified atom stereocenters. The van der Waals surface area contributed by atoms with Gasteiger partial charge in [0.15, 0.2) is 0 Å². The summed E-state index contributed by atoms with van der Waals surface area (Å²) >= 11 is 12.2. The first-order chi connectivity index (χ1) is 14.9. The van der Waals surface area contributed by atoms with Crippen LogP contribution in [0.15, 0.2) is 18.2 Å². The highest BCUT2D eigenvalue weighted by Gasteiger charge is 2.54. The molecule has 7 rings (SSSR count). The van der Waals surface area contributed by atoms with E-state index in [2.05, 4.69) is 9.80 Å². The monoisotopic (exact) mass is 461 g/mol. The van der Waals surface area contributed by atoms with Gasteiger partial charge in [-0.15, -0.1) is 0 Å². The Morgan fingerprint density at radius 3 is 1.90 bits per heavy atom. The molecule has 31 heavy (non-hydrogen) atoms. The molecule has 4 saturated carbocycles. The lowest BCUT2D eigenvalue weighted by atomic mass is 9.52. The predicted molar refractivity (Wildman–Crippen MR) is 121 cm³/mol. The number of hydrogen-bond donors (Lipinski definition) is 0. The zero-order valence-corrected chi connectivity index (χ0v) is 19.2. The number of carbonyl (C=O) groups excluding carboxylic acids is 2. The summed E-state index contributed by atoms with van der Waals surface area (Å²) in [5, 5.41) is 0.853. The van der Waals surface area contributed by atoms with Gasteiger partial charge in [-0.05, 0) is 74.5 Å². The highest BCUT2D eigenvalue weighted by atomic mass is 35.5. The van der Waals surface area contributed by atoms with E-state index in [0.717, 1.165) is 43.9 Å². The number of benzene rings is 1. The number of anilines is 1. The van der Waals surface area contributed by atoms with Gasteiger partial charge in [-0.1, -0.05) is 23.2 Å². The van der Waals surface area contributed by atoms with Gasteiger partial charge in [-0.3, -0.25) is 19.4 Å². The van der Waals surface area contributed by atoms with Crippen LogP contribution in [0.1, 0.15) is 44.9 Å². The first-order valence-electron chi connectivity index (χ1n) is 11.7. The zero-order valence-electron chi connectivity index (χ0n) is 17.7. The van der Waals surface area contributed by atoms with Gasteiger partial charge in [0.05, 0.1) is 18.2 Å². The van der Waals surface area contributed by atoms with Gasteiger partial charge in [-0.25, -0.2) is 4.90 Å². The summed E-state index contributed by atoms with van der Waals surface area (Å²) in [6, 6.07) is 4.51. The fourth-order valence-corrected chi connectivity index (χ4v) is 8.32. The zero-order chi connectivity index (χ0) is 21.3. The van der Waals surface area contributed by atoms with Crippen LogP contribution < -0.4 is 4.90 Å². The molecule has 2 heterocycles. The van der Waals surface area contributed by atoms with E-state index in [9.17, 15) is 9.59 Å². The van der Waals surface area contributed by atoms with Gasteiger partial charge in [-0.2, -0.15) is 0 Å². The smallest absolute Gasteiger partial charge is 0.251 e. The van der Waals surface area contributed by atoms with Crippen LogP contribution in [0.2, 0.25) is 10.0 Å². The van der Waals surface area contributed by atoms with E-state index in [1.54, 1.807) is 18.2 Å². The molecule has 0 N–H and O–H groups in total. The number of piperazine rings is 1. The second-order valence-corrected chi connectivity index (χ2v) is 11.5. The molecule has 0 spiro atoms. The highest BCUT2D eigenvalue weighted by molar-refractivity contribution is 6.35. The van der Waals surface area contributed by atoms with Gasteiger partial charge in [0.25, 0.3) is 5.91 Å². The summed E-state index contributed by atoms with van der Waals surface area (Å²) in [4.78, 5) is 32.2. The number of nitrogens with zero attached hydrogens (tertiary/aromatic N) is 3. The third-order valence-electron chi connectivity index (χ3n) is 8.66. The summed E-state index contributed by atoms with van der Waals surface area (Å²) in [5.74, 6) is 2.51. The van der Waals surface area contributed by atoms with E-state index in [4.69, 9.17) is 23.2 Å². The maximum Gasteiger partial charge on any atom is 0.251 e. The second kappa shape index (κ2) is 7.44. The van der Waals surface area contributed by atoms with Crippen LogP contribution in [0.25, 0.3) is 0 Å².